The van der Waals surface area contributed by atoms with E-state index in [0.29, 0.717) is 24.8 Å². The van der Waals surface area contributed by atoms with Crippen molar-refractivity contribution >= 4 is 22.4 Å². The average Bonchev–Trinajstić information content (AvgIpc) is 3.59. The predicted octanol–water partition coefficient (Wildman–Crippen LogP) is 7.63. The first-order chi connectivity index (χ1) is 23.0. The molecule has 4 aromatic rings. The van der Waals surface area contributed by atoms with E-state index in [-0.39, 0.29) is 5.91 Å². The third-order valence-corrected chi connectivity index (χ3v) is 9.26. The highest BCUT2D eigenvalue weighted by Gasteiger charge is 2.35. The van der Waals surface area contributed by atoms with Gasteiger partial charge >= 0.3 is 0 Å². The summed E-state index contributed by atoms with van der Waals surface area (Å²) in [5.74, 6) is 2.33. The van der Waals surface area contributed by atoms with Crippen LogP contribution in [0, 0.1) is 0 Å². The lowest BCUT2D eigenvalue weighted by Gasteiger charge is -2.37. The Morgan fingerprint density at radius 3 is 2.55 bits per heavy atom. The predicted molar refractivity (Wildman–Crippen MR) is 190 cm³/mol. The number of ether oxygens (including phenoxy) is 3. The van der Waals surface area contributed by atoms with Crippen molar-refractivity contribution in [2.45, 2.75) is 77.0 Å². The zero-order valence-corrected chi connectivity index (χ0v) is 28.5. The number of aromatic nitrogens is 1. The van der Waals surface area contributed by atoms with E-state index in [4.69, 9.17) is 14.2 Å². The number of amides is 1. The SMILES string of the molecule is COc1cc2c(cc1OCCCCCCCCNCc1cccc(OCc3ccccc3)c1)C(C)(CC(=O)Nc1nccs1)NCC2. The van der Waals surface area contributed by atoms with Crippen molar-refractivity contribution in [2.75, 3.05) is 32.1 Å². The highest BCUT2D eigenvalue weighted by Crippen LogP contribution is 2.39. The van der Waals surface area contributed by atoms with Gasteiger partial charge in [0, 0.05) is 36.6 Å². The lowest BCUT2D eigenvalue weighted by Crippen LogP contribution is -2.47. The molecule has 0 radical (unpaired) electrons. The number of unbranched alkanes of at least 4 members (excludes halogenated alkanes) is 5. The summed E-state index contributed by atoms with van der Waals surface area (Å²) in [6, 6.07) is 22.7. The zero-order valence-electron chi connectivity index (χ0n) is 27.7. The molecule has 0 saturated heterocycles. The van der Waals surface area contributed by atoms with Crippen LogP contribution in [0.2, 0.25) is 0 Å². The molecule has 0 spiro atoms. The Kier molecular flexibility index (Phi) is 13.1. The number of thiazole rings is 1. The minimum absolute atomic E-state index is 0.0630. The summed E-state index contributed by atoms with van der Waals surface area (Å²) >= 11 is 1.42. The molecule has 3 aromatic carbocycles. The molecule has 0 saturated carbocycles. The maximum atomic E-state index is 12.9. The normalized spacial score (nSPS) is 15.5. The number of benzene rings is 3. The van der Waals surface area contributed by atoms with E-state index < -0.39 is 5.54 Å². The molecule has 1 aliphatic rings. The Morgan fingerprint density at radius 1 is 0.936 bits per heavy atom. The van der Waals surface area contributed by atoms with Crippen LogP contribution in [0.3, 0.4) is 0 Å². The maximum Gasteiger partial charge on any atom is 0.228 e. The van der Waals surface area contributed by atoms with Gasteiger partial charge in [0.05, 0.1) is 13.7 Å². The molecule has 1 aromatic heterocycles. The topological polar surface area (TPSA) is 93.7 Å². The van der Waals surface area contributed by atoms with E-state index in [2.05, 4.69) is 70.3 Å². The number of carbonyl (C=O) groups is 1. The molecular weight excluding hydrogens is 609 g/mol. The molecular formula is C38H48N4O4S. The fraction of sp³-hybridized carbons (Fsp3) is 0.421. The monoisotopic (exact) mass is 656 g/mol. The fourth-order valence-electron chi connectivity index (χ4n) is 6.05. The minimum Gasteiger partial charge on any atom is -0.493 e. The third kappa shape index (κ3) is 10.5. The molecule has 0 bridgehead atoms. The van der Waals surface area contributed by atoms with Crippen molar-refractivity contribution < 1.29 is 19.0 Å². The Bertz CT molecular complexity index is 1530. The summed E-state index contributed by atoms with van der Waals surface area (Å²) in [6.07, 6.45) is 9.80. The molecule has 3 N–H and O–H groups in total. The van der Waals surface area contributed by atoms with Crippen LogP contribution in [-0.2, 0) is 29.9 Å². The molecule has 1 aliphatic heterocycles. The zero-order chi connectivity index (χ0) is 32.7. The van der Waals surface area contributed by atoms with Crippen molar-refractivity contribution in [3.8, 4) is 17.2 Å². The maximum absolute atomic E-state index is 12.9. The van der Waals surface area contributed by atoms with Crippen LogP contribution in [0.1, 0.15) is 74.1 Å². The first kappa shape index (κ1) is 34.4. The quantitative estimate of drug-likeness (QED) is 0.0894. The van der Waals surface area contributed by atoms with Crippen molar-refractivity contribution in [3.63, 3.8) is 0 Å². The van der Waals surface area contributed by atoms with E-state index in [0.717, 1.165) is 61.7 Å². The molecule has 1 amide bonds. The molecule has 5 rings (SSSR count). The largest absolute Gasteiger partial charge is 0.493 e. The number of rotatable bonds is 19. The summed E-state index contributed by atoms with van der Waals surface area (Å²) < 4.78 is 17.9. The van der Waals surface area contributed by atoms with Crippen LogP contribution in [0.15, 0.2) is 78.3 Å². The summed E-state index contributed by atoms with van der Waals surface area (Å²) in [6.45, 7) is 5.96. The molecule has 9 heteroatoms. The molecule has 47 heavy (non-hydrogen) atoms. The van der Waals surface area contributed by atoms with Gasteiger partial charge in [0.1, 0.15) is 12.4 Å². The number of anilines is 1. The lowest BCUT2D eigenvalue weighted by atomic mass is 9.81. The molecule has 1 atom stereocenters. The fourth-order valence-corrected chi connectivity index (χ4v) is 6.60. The Hall–Kier alpha value is -3.92. The van der Waals surface area contributed by atoms with Gasteiger partial charge in [-0.25, -0.2) is 4.98 Å². The first-order valence-electron chi connectivity index (χ1n) is 16.8. The Labute approximate surface area is 283 Å². The van der Waals surface area contributed by atoms with Crippen molar-refractivity contribution in [1.82, 2.24) is 15.6 Å². The number of fused-ring (bicyclic) bond motifs is 1. The van der Waals surface area contributed by atoms with E-state index in [9.17, 15) is 4.79 Å². The molecule has 0 aliphatic carbocycles. The third-order valence-electron chi connectivity index (χ3n) is 8.57. The van der Waals surface area contributed by atoms with E-state index in [1.54, 1.807) is 13.3 Å². The number of methoxy groups -OCH3 is 1. The van der Waals surface area contributed by atoms with Gasteiger partial charge in [-0.3, -0.25) is 4.79 Å². The van der Waals surface area contributed by atoms with Gasteiger partial charge in [-0.15, -0.1) is 11.3 Å². The van der Waals surface area contributed by atoms with E-state index in [1.165, 1.54) is 53.7 Å². The van der Waals surface area contributed by atoms with Crippen LogP contribution >= 0.6 is 11.3 Å². The van der Waals surface area contributed by atoms with Gasteiger partial charge in [-0.1, -0.05) is 68.1 Å². The number of nitrogens with zero attached hydrogens (tertiary/aromatic N) is 1. The molecule has 8 nitrogen and oxygen atoms in total. The molecule has 250 valence electrons. The standard InChI is InChI=1S/C38H48N4O4S/c1-38(26-36(43)42-37-40-20-22-47-37)33-25-35(34(44-2)24-31(33)17-19-41-38)45-21-11-6-4-3-5-10-18-39-27-30-15-12-16-32(23-30)46-28-29-13-8-7-9-14-29/h7-9,12-16,20,22-25,39,41H,3-6,10-11,17-19,21,26-28H2,1-2H3,(H,40,42,43). The van der Waals surface area contributed by atoms with E-state index >= 15 is 0 Å². The minimum atomic E-state index is -0.505. The molecule has 2 heterocycles. The molecule has 1 unspecified atom stereocenters. The number of nitrogens with one attached hydrogen (secondary N) is 3. The Balaban J connectivity index is 0.969. The van der Waals surface area contributed by atoms with Crippen molar-refractivity contribution in [1.29, 1.82) is 0 Å². The summed E-state index contributed by atoms with van der Waals surface area (Å²) in [5, 5.41) is 12.5. The van der Waals surface area contributed by atoms with Gasteiger partial charge in [0.25, 0.3) is 0 Å². The van der Waals surface area contributed by atoms with Gasteiger partial charge in [0.2, 0.25) is 5.91 Å². The summed E-state index contributed by atoms with van der Waals surface area (Å²) in [4.78, 5) is 17.0. The summed E-state index contributed by atoms with van der Waals surface area (Å²) in [5.41, 5.74) is 4.19. The molecule has 0 fully saturated rings. The highest BCUT2D eigenvalue weighted by atomic mass is 32.1. The van der Waals surface area contributed by atoms with Crippen LogP contribution in [0.4, 0.5) is 5.13 Å². The van der Waals surface area contributed by atoms with E-state index in [1.807, 2.05) is 29.6 Å². The number of hydrogen-bond acceptors (Lipinski definition) is 8. The Morgan fingerprint density at radius 2 is 1.74 bits per heavy atom. The summed E-state index contributed by atoms with van der Waals surface area (Å²) in [7, 11) is 1.68. The van der Waals surface area contributed by atoms with Crippen LogP contribution < -0.4 is 30.2 Å². The van der Waals surface area contributed by atoms with Gasteiger partial charge in [-0.05, 0) is 79.3 Å². The lowest BCUT2D eigenvalue weighted by molar-refractivity contribution is -0.117. The van der Waals surface area contributed by atoms with Crippen LogP contribution in [0.25, 0.3) is 0 Å². The number of hydrogen-bond donors (Lipinski definition) is 3. The first-order valence-corrected chi connectivity index (χ1v) is 17.7. The van der Waals surface area contributed by atoms with Crippen LogP contribution in [-0.4, -0.2) is 37.7 Å². The van der Waals surface area contributed by atoms with Crippen LogP contribution in [0.5, 0.6) is 17.2 Å². The number of carbonyl (C=O) groups excluding carboxylic acids is 1. The van der Waals surface area contributed by atoms with Crippen molar-refractivity contribution in [2.24, 2.45) is 0 Å². The van der Waals surface area contributed by atoms with Gasteiger partial charge in [-0.2, -0.15) is 0 Å². The second-order valence-electron chi connectivity index (χ2n) is 12.3. The van der Waals surface area contributed by atoms with Gasteiger partial charge < -0.3 is 30.2 Å². The second-order valence-corrected chi connectivity index (χ2v) is 13.2. The smallest absolute Gasteiger partial charge is 0.228 e. The van der Waals surface area contributed by atoms with Gasteiger partial charge in [0.15, 0.2) is 16.6 Å². The highest BCUT2D eigenvalue weighted by molar-refractivity contribution is 7.13. The second kappa shape index (κ2) is 17.8. The van der Waals surface area contributed by atoms with Crippen molar-refractivity contribution in [3.05, 3.63) is 101 Å². The average molecular weight is 657 g/mol.